The molecule has 2 aromatic carbocycles. The third-order valence-electron chi connectivity index (χ3n) is 3.57. The van der Waals surface area contributed by atoms with Crippen molar-refractivity contribution < 1.29 is 13.9 Å². The standard InChI is InChI=1S/C19H18FN3O2S/c20-15-6-4-14(5-7-15)8-9-21-19(24)23-16-2-1-3-18(10-16)25-11-17-12-26-13-22-17/h1-7,10,12-13H,8-9,11H2,(H2,21,23,24). The van der Waals surface area contributed by atoms with E-state index < -0.39 is 0 Å². The number of rotatable bonds is 7. The van der Waals surface area contributed by atoms with E-state index in [1.807, 2.05) is 17.5 Å². The smallest absolute Gasteiger partial charge is 0.319 e. The summed E-state index contributed by atoms with van der Waals surface area (Å²) in [6.45, 7) is 0.842. The highest BCUT2D eigenvalue weighted by Gasteiger charge is 2.04. The van der Waals surface area contributed by atoms with Gasteiger partial charge in [-0.25, -0.2) is 14.2 Å². The van der Waals surface area contributed by atoms with Crippen LogP contribution >= 0.6 is 11.3 Å². The van der Waals surface area contributed by atoms with Gasteiger partial charge in [0.2, 0.25) is 0 Å². The summed E-state index contributed by atoms with van der Waals surface area (Å²) in [6.07, 6.45) is 0.629. The molecule has 2 amide bonds. The van der Waals surface area contributed by atoms with Crippen LogP contribution < -0.4 is 15.4 Å². The van der Waals surface area contributed by atoms with Crippen molar-refractivity contribution in [3.05, 3.63) is 76.5 Å². The molecule has 1 heterocycles. The molecule has 0 saturated heterocycles. The van der Waals surface area contributed by atoms with E-state index >= 15 is 0 Å². The van der Waals surface area contributed by atoms with Crippen molar-refractivity contribution in [2.45, 2.75) is 13.0 Å². The van der Waals surface area contributed by atoms with Gasteiger partial charge in [-0.15, -0.1) is 11.3 Å². The van der Waals surface area contributed by atoms with Gasteiger partial charge in [0.15, 0.2) is 0 Å². The number of benzene rings is 2. The van der Waals surface area contributed by atoms with E-state index in [1.54, 1.807) is 29.8 Å². The first-order valence-electron chi connectivity index (χ1n) is 8.08. The van der Waals surface area contributed by atoms with Crippen molar-refractivity contribution in [1.29, 1.82) is 0 Å². The van der Waals surface area contributed by atoms with Crippen molar-refractivity contribution in [3.8, 4) is 5.75 Å². The maximum atomic E-state index is 12.9. The molecule has 0 spiro atoms. The minimum Gasteiger partial charge on any atom is -0.487 e. The van der Waals surface area contributed by atoms with E-state index in [1.165, 1.54) is 23.5 Å². The number of hydrogen-bond donors (Lipinski definition) is 2. The topological polar surface area (TPSA) is 63.2 Å². The van der Waals surface area contributed by atoms with E-state index in [-0.39, 0.29) is 11.8 Å². The number of anilines is 1. The lowest BCUT2D eigenvalue weighted by Gasteiger charge is -2.10. The number of aromatic nitrogens is 1. The Morgan fingerprint density at radius 2 is 2.04 bits per heavy atom. The molecule has 0 unspecified atom stereocenters. The molecule has 5 nitrogen and oxygen atoms in total. The van der Waals surface area contributed by atoms with Crippen LogP contribution in [0.1, 0.15) is 11.3 Å². The molecule has 0 aliphatic heterocycles. The second-order valence-electron chi connectivity index (χ2n) is 5.55. The molecule has 0 bridgehead atoms. The minimum atomic E-state index is -0.302. The molecule has 0 radical (unpaired) electrons. The van der Waals surface area contributed by atoms with Gasteiger partial charge in [-0.05, 0) is 36.2 Å². The summed E-state index contributed by atoms with van der Waals surface area (Å²) in [4.78, 5) is 16.1. The molecule has 134 valence electrons. The molecule has 26 heavy (non-hydrogen) atoms. The Labute approximate surface area is 154 Å². The van der Waals surface area contributed by atoms with Gasteiger partial charge in [0, 0.05) is 23.7 Å². The summed E-state index contributed by atoms with van der Waals surface area (Å²) >= 11 is 1.52. The zero-order chi connectivity index (χ0) is 18.2. The fraction of sp³-hybridized carbons (Fsp3) is 0.158. The average Bonchev–Trinajstić information content (AvgIpc) is 3.16. The molecular formula is C19H18FN3O2S. The van der Waals surface area contributed by atoms with E-state index in [0.29, 0.717) is 31.0 Å². The molecule has 0 aliphatic rings. The summed E-state index contributed by atoms with van der Waals surface area (Å²) < 4.78 is 18.5. The number of carbonyl (C=O) groups is 1. The third-order valence-corrected chi connectivity index (χ3v) is 4.21. The van der Waals surface area contributed by atoms with Crippen LogP contribution in [-0.4, -0.2) is 17.6 Å². The average molecular weight is 371 g/mol. The number of thiazole rings is 1. The Hall–Kier alpha value is -2.93. The first-order chi connectivity index (χ1) is 12.7. The van der Waals surface area contributed by atoms with Crippen LogP contribution in [0.4, 0.5) is 14.9 Å². The van der Waals surface area contributed by atoms with Gasteiger partial charge in [0.1, 0.15) is 18.2 Å². The second kappa shape index (κ2) is 8.96. The van der Waals surface area contributed by atoms with Crippen LogP contribution in [-0.2, 0) is 13.0 Å². The quantitative estimate of drug-likeness (QED) is 0.653. The van der Waals surface area contributed by atoms with Crippen LogP contribution in [0.25, 0.3) is 0 Å². The highest BCUT2D eigenvalue weighted by atomic mass is 32.1. The Bertz CT molecular complexity index is 838. The Morgan fingerprint density at radius 1 is 1.19 bits per heavy atom. The Kier molecular flexibility index (Phi) is 6.16. The van der Waals surface area contributed by atoms with E-state index in [0.717, 1.165) is 11.3 Å². The molecule has 0 fully saturated rings. The number of amides is 2. The fourth-order valence-corrected chi connectivity index (χ4v) is 2.82. The molecular weight excluding hydrogens is 353 g/mol. The monoisotopic (exact) mass is 371 g/mol. The fourth-order valence-electron chi connectivity index (χ4n) is 2.28. The number of hydrogen-bond acceptors (Lipinski definition) is 4. The SMILES string of the molecule is O=C(NCCc1ccc(F)cc1)Nc1cccc(OCc2cscn2)c1. The number of ether oxygens (including phenoxy) is 1. The minimum absolute atomic E-state index is 0.267. The van der Waals surface area contributed by atoms with Crippen molar-refractivity contribution in [3.63, 3.8) is 0 Å². The largest absolute Gasteiger partial charge is 0.487 e. The summed E-state index contributed by atoms with van der Waals surface area (Å²) in [6, 6.07) is 13.1. The predicted molar refractivity (Wildman–Crippen MR) is 100 cm³/mol. The molecule has 1 aromatic heterocycles. The van der Waals surface area contributed by atoms with Gasteiger partial charge in [-0.3, -0.25) is 0 Å². The number of carbonyl (C=O) groups excluding carboxylic acids is 1. The maximum absolute atomic E-state index is 12.9. The first kappa shape index (κ1) is 17.9. The molecule has 3 aromatic rings. The highest BCUT2D eigenvalue weighted by Crippen LogP contribution is 2.18. The Balaban J connectivity index is 1.44. The van der Waals surface area contributed by atoms with Gasteiger partial charge in [0.05, 0.1) is 11.2 Å². The van der Waals surface area contributed by atoms with Crippen LogP contribution in [0.3, 0.4) is 0 Å². The number of halogens is 1. The zero-order valence-electron chi connectivity index (χ0n) is 13.9. The summed E-state index contributed by atoms with van der Waals surface area (Å²) in [5.74, 6) is 0.387. The molecule has 2 N–H and O–H groups in total. The van der Waals surface area contributed by atoms with E-state index in [4.69, 9.17) is 4.74 Å². The number of nitrogens with zero attached hydrogens (tertiary/aromatic N) is 1. The molecule has 3 rings (SSSR count). The van der Waals surface area contributed by atoms with Crippen LogP contribution in [0.15, 0.2) is 59.4 Å². The number of urea groups is 1. The lowest BCUT2D eigenvalue weighted by atomic mass is 10.1. The van der Waals surface area contributed by atoms with Gasteiger partial charge >= 0.3 is 6.03 Å². The van der Waals surface area contributed by atoms with Gasteiger partial charge in [-0.1, -0.05) is 18.2 Å². The van der Waals surface area contributed by atoms with Crippen LogP contribution in [0.2, 0.25) is 0 Å². The van der Waals surface area contributed by atoms with E-state index in [2.05, 4.69) is 15.6 Å². The normalized spacial score (nSPS) is 10.3. The maximum Gasteiger partial charge on any atom is 0.319 e. The lowest BCUT2D eigenvalue weighted by Crippen LogP contribution is -2.30. The molecule has 0 aliphatic carbocycles. The van der Waals surface area contributed by atoms with Gasteiger partial charge in [0.25, 0.3) is 0 Å². The summed E-state index contributed by atoms with van der Waals surface area (Å²) in [5.41, 5.74) is 4.23. The van der Waals surface area contributed by atoms with Crippen LogP contribution in [0.5, 0.6) is 5.75 Å². The molecule has 0 atom stereocenters. The second-order valence-corrected chi connectivity index (χ2v) is 6.27. The van der Waals surface area contributed by atoms with E-state index in [9.17, 15) is 9.18 Å². The number of nitrogens with one attached hydrogen (secondary N) is 2. The highest BCUT2D eigenvalue weighted by molar-refractivity contribution is 7.07. The van der Waals surface area contributed by atoms with Crippen molar-refractivity contribution in [2.75, 3.05) is 11.9 Å². The van der Waals surface area contributed by atoms with Crippen LogP contribution in [0, 0.1) is 5.82 Å². The third kappa shape index (κ3) is 5.56. The zero-order valence-corrected chi connectivity index (χ0v) is 14.8. The summed E-state index contributed by atoms with van der Waals surface area (Å²) in [7, 11) is 0. The van der Waals surface area contributed by atoms with Crippen molar-refractivity contribution in [1.82, 2.24) is 10.3 Å². The lowest BCUT2D eigenvalue weighted by molar-refractivity contribution is 0.252. The first-order valence-corrected chi connectivity index (χ1v) is 9.02. The summed E-state index contributed by atoms with van der Waals surface area (Å²) in [5, 5.41) is 7.47. The molecule has 0 saturated carbocycles. The van der Waals surface area contributed by atoms with Crippen molar-refractivity contribution >= 4 is 23.1 Å². The van der Waals surface area contributed by atoms with Gasteiger partial charge < -0.3 is 15.4 Å². The Morgan fingerprint density at radius 3 is 2.81 bits per heavy atom. The predicted octanol–water partition coefficient (Wildman–Crippen LogP) is 4.23. The molecule has 7 heteroatoms. The van der Waals surface area contributed by atoms with Gasteiger partial charge in [-0.2, -0.15) is 0 Å². The van der Waals surface area contributed by atoms with Crippen molar-refractivity contribution in [2.24, 2.45) is 0 Å².